The van der Waals surface area contributed by atoms with Gasteiger partial charge in [0.15, 0.2) is 29.3 Å². The molecule has 0 radical (unpaired) electrons. The lowest BCUT2D eigenvalue weighted by molar-refractivity contribution is -0.605. The van der Waals surface area contributed by atoms with E-state index in [0.29, 0.717) is 47.0 Å². The molecule has 43 heavy (non-hydrogen) atoms. The topological polar surface area (TPSA) is 109 Å². The molecule has 2 atom stereocenters. The van der Waals surface area contributed by atoms with E-state index in [0.717, 1.165) is 44.5 Å². The number of hydrogen-bond donors (Lipinski definition) is 0. The predicted molar refractivity (Wildman–Crippen MR) is 158 cm³/mol. The van der Waals surface area contributed by atoms with Gasteiger partial charge < -0.3 is 19.4 Å². The summed E-state index contributed by atoms with van der Waals surface area (Å²) in [5, 5.41) is 10.3. The zero-order valence-corrected chi connectivity index (χ0v) is 26.3. The highest BCUT2D eigenvalue weighted by atomic mass is 35.5. The van der Waals surface area contributed by atoms with Gasteiger partial charge >= 0.3 is 12.6 Å². The molecule has 15 heteroatoms. The minimum atomic E-state index is -3.74. The summed E-state index contributed by atoms with van der Waals surface area (Å²) in [5.41, 5.74) is 0.670. The van der Waals surface area contributed by atoms with Crippen LogP contribution in [0.5, 0.6) is 11.5 Å². The molecular weight excluding hydrogens is 649 g/mol. The van der Waals surface area contributed by atoms with Crippen molar-refractivity contribution in [3.8, 4) is 11.5 Å². The lowest BCUT2D eigenvalue weighted by Gasteiger charge is -2.30. The summed E-state index contributed by atoms with van der Waals surface area (Å²) in [7, 11) is -3.74. The molecule has 1 aliphatic heterocycles. The van der Waals surface area contributed by atoms with Crippen molar-refractivity contribution >= 4 is 51.0 Å². The van der Waals surface area contributed by atoms with E-state index in [2.05, 4.69) is 4.74 Å². The number of ether oxygens (including phenoxy) is 3. The van der Waals surface area contributed by atoms with Gasteiger partial charge in [-0.05, 0) is 49.3 Å². The van der Waals surface area contributed by atoms with Gasteiger partial charge in [-0.25, -0.2) is 13.2 Å². The van der Waals surface area contributed by atoms with Crippen LogP contribution in [0.25, 0.3) is 0 Å². The average Bonchev–Trinajstić information content (AvgIpc) is 3.65. The van der Waals surface area contributed by atoms with Gasteiger partial charge in [-0.15, -0.1) is 11.8 Å². The Hall–Kier alpha value is -2.06. The lowest BCUT2D eigenvalue weighted by Crippen LogP contribution is -2.45. The minimum absolute atomic E-state index is 0.0307. The molecule has 236 valence electrons. The Bertz CT molecular complexity index is 1400. The number of sulfonamides is 1. The fraction of sp³-hybridized carbons (Fsp3) is 0.571. The van der Waals surface area contributed by atoms with Gasteiger partial charge in [0.2, 0.25) is 10.0 Å². The van der Waals surface area contributed by atoms with E-state index >= 15 is 0 Å². The van der Waals surface area contributed by atoms with Crippen molar-refractivity contribution in [2.75, 3.05) is 18.9 Å². The van der Waals surface area contributed by atoms with Crippen LogP contribution in [0.15, 0.2) is 30.6 Å². The molecule has 2 aliphatic carbocycles. The quantitative estimate of drug-likeness (QED) is 0.155. The van der Waals surface area contributed by atoms with E-state index in [4.69, 9.17) is 32.7 Å². The van der Waals surface area contributed by atoms with Crippen LogP contribution < -0.4 is 14.2 Å². The van der Waals surface area contributed by atoms with Crippen LogP contribution in [0.1, 0.15) is 62.2 Å². The van der Waals surface area contributed by atoms with E-state index < -0.39 is 39.3 Å². The lowest BCUT2D eigenvalue weighted by atomic mass is 10.0. The van der Waals surface area contributed by atoms with E-state index in [-0.39, 0.29) is 34.5 Å². The molecule has 5 rings (SSSR count). The summed E-state index contributed by atoms with van der Waals surface area (Å²) in [4.78, 5) is 13.7. The molecule has 2 heterocycles. The third-order valence-electron chi connectivity index (χ3n) is 7.78. The van der Waals surface area contributed by atoms with Crippen molar-refractivity contribution in [3.63, 3.8) is 0 Å². The van der Waals surface area contributed by atoms with Crippen LogP contribution in [0.4, 0.5) is 8.78 Å². The van der Waals surface area contributed by atoms with Gasteiger partial charge in [-0.2, -0.15) is 17.8 Å². The molecule has 2 aromatic rings. The average molecular weight is 682 g/mol. The molecule has 2 saturated carbocycles. The monoisotopic (exact) mass is 680 g/mol. The van der Waals surface area contributed by atoms with Crippen LogP contribution >= 0.6 is 35.0 Å². The summed E-state index contributed by atoms with van der Waals surface area (Å²) >= 11 is 13.9. The third kappa shape index (κ3) is 7.97. The molecule has 0 amide bonds. The smallest absolute Gasteiger partial charge is 0.387 e. The summed E-state index contributed by atoms with van der Waals surface area (Å²) in [6.45, 7) is -2.59. The summed E-state index contributed by atoms with van der Waals surface area (Å²) in [5.74, 6) is -0.167. The maximum atomic E-state index is 13.7. The van der Waals surface area contributed by atoms with Crippen molar-refractivity contribution in [3.05, 3.63) is 57.0 Å². The standard InChI is InChI=1S/C28H32Cl2F2N2O7S2/c29-21-14-33(36)15-22(30)20(21)13-24(18-8-9-23(41-28(31)32)25(12-18)39-16-17-6-7-17)40-27(35)26-34(10-11-42-26)43(37,38)19-4-2-1-3-5-19/h8-9,12,14-15,17,19,24,26,28H,1-7,10-11,13,16H2/t24-,26?/m0/s1. The molecule has 0 bridgehead atoms. The van der Waals surface area contributed by atoms with Crippen molar-refractivity contribution in [2.24, 2.45) is 5.92 Å². The Balaban J connectivity index is 1.45. The maximum absolute atomic E-state index is 13.7. The number of nitrogens with zero attached hydrogens (tertiary/aromatic N) is 2. The number of carbonyl (C=O) groups is 1. The SMILES string of the molecule is O=C(O[C@@H](Cc1c(Cl)c[n+]([O-])cc1Cl)c1ccc(OC(F)F)c(OCC2CC2)c1)C1SCCN1S(=O)(=O)C1CCCCC1. The Kier molecular flexibility index (Phi) is 10.5. The zero-order chi connectivity index (χ0) is 30.7. The van der Waals surface area contributed by atoms with Crippen molar-refractivity contribution in [1.29, 1.82) is 0 Å². The number of alkyl halides is 2. The number of pyridine rings is 1. The van der Waals surface area contributed by atoms with Gasteiger partial charge in [0.05, 0.1) is 11.9 Å². The molecule has 1 unspecified atom stereocenters. The van der Waals surface area contributed by atoms with Crippen molar-refractivity contribution in [1.82, 2.24) is 4.31 Å². The molecule has 3 aliphatic rings. The van der Waals surface area contributed by atoms with E-state index in [1.165, 1.54) is 34.3 Å². The third-order valence-corrected chi connectivity index (χ3v) is 12.1. The fourth-order valence-corrected chi connectivity index (χ4v) is 9.57. The largest absolute Gasteiger partial charge is 0.619 e. The van der Waals surface area contributed by atoms with Gasteiger partial charge in [-0.3, -0.25) is 0 Å². The first-order valence-corrected chi connectivity index (χ1v) is 17.4. The molecule has 0 spiro atoms. The Morgan fingerprint density at radius 2 is 1.79 bits per heavy atom. The maximum Gasteiger partial charge on any atom is 0.387 e. The van der Waals surface area contributed by atoms with Crippen molar-refractivity contribution in [2.45, 2.75) is 74.7 Å². The second-order valence-electron chi connectivity index (χ2n) is 10.9. The molecule has 3 fully saturated rings. The normalized spacial score (nSPS) is 20.7. The van der Waals surface area contributed by atoms with Crippen LogP contribution in [0, 0.1) is 11.1 Å². The number of aromatic nitrogens is 1. The van der Waals surface area contributed by atoms with Crippen LogP contribution in [-0.2, 0) is 26.0 Å². The van der Waals surface area contributed by atoms with E-state index in [9.17, 15) is 27.2 Å². The highest BCUT2D eigenvalue weighted by molar-refractivity contribution is 8.02. The number of halogens is 4. The highest BCUT2D eigenvalue weighted by Crippen LogP contribution is 2.39. The van der Waals surface area contributed by atoms with E-state index in [1.807, 2.05) is 0 Å². The van der Waals surface area contributed by atoms with Gasteiger partial charge in [0.1, 0.15) is 16.1 Å². The first kappa shape index (κ1) is 32.3. The van der Waals surface area contributed by atoms with Gasteiger partial charge in [-0.1, -0.05) is 48.5 Å². The van der Waals surface area contributed by atoms with Gasteiger partial charge in [0.25, 0.3) is 0 Å². The summed E-state index contributed by atoms with van der Waals surface area (Å²) < 4.78 is 71.4. The number of benzene rings is 1. The Morgan fingerprint density at radius 1 is 1.09 bits per heavy atom. The number of esters is 1. The Labute approximate surface area is 263 Å². The molecule has 0 N–H and O–H groups in total. The first-order valence-electron chi connectivity index (χ1n) is 14.1. The molecule has 1 aromatic heterocycles. The fourth-order valence-electron chi connectivity index (χ4n) is 5.32. The highest BCUT2D eigenvalue weighted by Gasteiger charge is 2.44. The number of hydrogen-bond acceptors (Lipinski definition) is 8. The second-order valence-corrected chi connectivity index (χ2v) is 15.1. The van der Waals surface area contributed by atoms with Crippen molar-refractivity contribution < 1.29 is 40.9 Å². The summed E-state index contributed by atoms with van der Waals surface area (Å²) in [6.07, 6.45) is 6.70. The number of carbonyl (C=O) groups excluding carboxylic acids is 1. The predicted octanol–water partition coefficient (Wildman–Crippen LogP) is 5.88. The zero-order valence-electron chi connectivity index (χ0n) is 23.1. The van der Waals surface area contributed by atoms with E-state index in [1.54, 1.807) is 0 Å². The second kappa shape index (κ2) is 13.9. The molecule has 1 saturated heterocycles. The Morgan fingerprint density at radius 3 is 2.44 bits per heavy atom. The minimum Gasteiger partial charge on any atom is -0.619 e. The van der Waals surface area contributed by atoms with Crippen LogP contribution in [-0.4, -0.2) is 54.8 Å². The van der Waals surface area contributed by atoms with Gasteiger partial charge in [0, 0.05) is 24.3 Å². The molecule has 9 nitrogen and oxygen atoms in total. The number of rotatable bonds is 12. The molecular formula is C28H32Cl2F2N2O7S2. The number of thioether (sulfide) groups is 1. The van der Waals surface area contributed by atoms with Crippen LogP contribution in [0.2, 0.25) is 10.0 Å². The van der Waals surface area contributed by atoms with Crippen LogP contribution in [0.3, 0.4) is 0 Å². The first-order chi connectivity index (χ1) is 20.5. The summed E-state index contributed by atoms with van der Waals surface area (Å²) in [6, 6.07) is 4.21. The molecule has 1 aromatic carbocycles.